The summed E-state index contributed by atoms with van der Waals surface area (Å²) in [5.74, 6) is 0.416. The highest BCUT2D eigenvalue weighted by atomic mass is 16.3. The van der Waals surface area contributed by atoms with E-state index in [1.54, 1.807) is 12.3 Å². The zero-order valence-electron chi connectivity index (χ0n) is 11.4. The molecule has 1 aliphatic carbocycles. The van der Waals surface area contributed by atoms with E-state index in [0.29, 0.717) is 23.8 Å². The first-order chi connectivity index (χ1) is 9.10. The molecule has 0 unspecified atom stereocenters. The fraction of sp³-hybridized carbons (Fsp3) is 0.643. The van der Waals surface area contributed by atoms with Gasteiger partial charge in [-0.1, -0.05) is 0 Å². The molecule has 5 nitrogen and oxygen atoms in total. The Labute approximate surface area is 113 Å². The third-order valence-corrected chi connectivity index (χ3v) is 3.86. The molecule has 0 spiro atoms. The molecule has 19 heavy (non-hydrogen) atoms. The topological polar surface area (TPSA) is 80.3 Å². The molecule has 0 aliphatic heterocycles. The Hall–Kier alpha value is -1.49. The molecular weight excluding hydrogens is 242 g/mol. The highest BCUT2D eigenvalue weighted by molar-refractivity contribution is 5.93. The number of nitrogen functional groups attached to an aromatic ring is 1. The number of aryl methyl sites for hydroxylation is 1. The molecule has 0 aromatic carbocycles. The number of aliphatic hydroxyl groups is 1. The summed E-state index contributed by atoms with van der Waals surface area (Å²) in [6.45, 7) is 3.40. The van der Waals surface area contributed by atoms with Gasteiger partial charge >= 0.3 is 0 Å². The number of carbonyl (C=O) groups is 1. The molecule has 1 aromatic heterocycles. The second-order valence-electron chi connectivity index (χ2n) is 5.33. The van der Waals surface area contributed by atoms with E-state index in [9.17, 15) is 9.90 Å². The zero-order valence-corrected chi connectivity index (χ0v) is 11.4. The summed E-state index contributed by atoms with van der Waals surface area (Å²) < 4.78 is 1.86. The largest absolute Gasteiger partial charge is 0.397 e. The maximum atomic E-state index is 12.1. The average molecular weight is 265 g/mol. The van der Waals surface area contributed by atoms with Crippen LogP contribution in [0.5, 0.6) is 0 Å². The van der Waals surface area contributed by atoms with Crippen LogP contribution in [0.1, 0.15) is 43.1 Å². The van der Waals surface area contributed by atoms with Crippen LogP contribution in [-0.4, -0.2) is 28.2 Å². The molecule has 4 N–H and O–H groups in total. The lowest BCUT2D eigenvalue weighted by Gasteiger charge is -2.25. The van der Waals surface area contributed by atoms with E-state index in [0.717, 1.165) is 32.2 Å². The second-order valence-corrected chi connectivity index (χ2v) is 5.33. The molecule has 1 heterocycles. The molecule has 0 saturated heterocycles. The van der Waals surface area contributed by atoms with Crippen molar-refractivity contribution in [1.82, 2.24) is 9.88 Å². The van der Waals surface area contributed by atoms with Crippen LogP contribution < -0.4 is 11.1 Å². The van der Waals surface area contributed by atoms with Crippen molar-refractivity contribution >= 4 is 11.6 Å². The van der Waals surface area contributed by atoms with E-state index < -0.39 is 0 Å². The molecule has 1 saturated carbocycles. The van der Waals surface area contributed by atoms with Crippen LogP contribution in [0.2, 0.25) is 0 Å². The second kappa shape index (κ2) is 6.10. The van der Waals surface area contributed by atoms with Crippen LogP contribution in [0.25, 0.3) is 0 Å². The maximum Gasteiger partial charge on any atom is 0.267 e. The van der Waals surface area contributed by atoms with E-state index in [-0.39, 0.29) is 12.0 Å². The summed E-state index contributed by atoms with van der Waals surface area (Å²) in [5, 5.41) is 12.4. The Bertz CT molecular complexity index is 434. The van der Waals surface area contributed by atoms with E-state index >= 15 is 0 Å². The Morgan fingerprint density at radius 1 is 1.47 bits per heavy atom. The van der Waals surface area contributed by atoms with Gasteiger partial charge < -0.3 is 20.7 Å². The smallest absolute Gasteiger partial charge is 0.267 e. The SMILES string of the molecule is CCn1cc(N)cc1C(=O)NCC1CCC(O)CC1. The van der Waals surface area contributed by atoms with Gasteiger partial charge in [0.1, 0.15) is 5.69 Å². The first kappa shape index (κ1) is 13.9. The predicted molar refractivity (Wildman–Crippen MR) is 74.8 cm³/mol. The van der Waals surface area contributed by atoms with Gasteiger partial charge in [-0.25, -0.2) is 0 Å². The summed E-state index contributed by atoms with van der Waals surface area (Å²) in [6.07, 6.45) is 5.30. The lowest BCUT2D eigenvalue weighted by molar-refractivity contribution is 0.0902. The molecule has 5 heteroatoms. The number of nitrogens with zero attached hydrogens (tertiary/aromatic N) is 1. The van der Waals surface area contributed by atoms with Crippen molar-refractivity contribution in [3.05, 3.63) is 18.0 Å². The number of hydrogen-bond acceptors (Lipinski definition) is 3. The van der Waals surface area contributed by atoms with Crippen molar-refractivity contribution < 1.29 is 9.90 Å². The van der Waals surface area contributed by atoms with Gasteiger partial charge in [0.25, 0.3) is 5.91 Å². The zero-order chi connectivity index (χ0) is 13.8. The molecule has 1 fully saturated rings. The minimum atomic E-state index is -0.149. The van der Waals surface area contributed by atoms with E-state index in [1.807, 2.05) is 11.5 Å². The van der Waals surface area contributed by atoms with Crippen molar-refractivity contribution in [2.45, 2.75) is 45.3 Å². The van der Waals surface area contributed by atoms with E-state index in [4.69, 9.17) is 5.73 Å². The van der Waals surface area contributed by atoms with Crippen molar-refractivity contribution in [3.63, 3.8) is 0 Å². The van der Waals surface area contributed by atoms with Crippen LogP contribution in [0.3, 0.4) is 0 Å². The highest BCUT2D eigenvalue weighted by Gasteiger charge is 2.20. The predicted octanol–water partition coefficient (Wildman–Crippen LogP) is 1.37. The summed E-state index contributed by atoms with van der Waals surface area (Å²) >= 11 is 0. The van der Waals surface area contributed by atoms with Gasteiger partial charge in [0, 0.05) is 19.3 Å². The summed E-state index contributed by atoms with van der Waals surface area (Å²) in [7, 11) is 0. The Balaban J connectivity index is 1.87. The molecule has 106 valence electrons. The maximum absolute atomic E-state index is 12.1. The minimum Gasteiger partial charge on any atom is -0.397 e. The van der Waals surface area contributed by atoms with Gasteiger partial charge in [-0.3, -0.25) is 4.79 Å². The lowest BCUT2D eigenvalue weighted by atomic mass is 9.87. The molecule has 0 bridgehead atoms. The number of rotatable bonds is 4. The van der Waals surface area contributed by atoms with Gasteiger partial charge in [-0.15, -0.1) is 0 Å². The average Bonchev–Trinajstić information content (AvgIpc) is 2.79. The molecule has 1 aromatic rings. The molecular formula is C14H23N3O2. The number of anilines is 1. The van der Waals surface area contributed by atoms with Gasteiger partial charge in [0.2, 0.25) is 0 Å². The van der Waals surface area contributed by atoms with Crippen molar-refractivity contribution in [1.29, 1.82) is 0 Å². The summed E-state index contributed by atoms with van der Waals surface area (Å²) in [4.78, 5) is 12.1. The van der Waals surface area contributed by atoms with Gasteiger partial charge in [-0.2, -0.15) is 0 Å². The highest BCUT2D eigenvalue weighted by Crippen LogP contribution is 2.23. The van der Waals surface area contributed by atoms with E-state index in [2.05, 4.69) is 5.32 Å². The molecule has 1 aliphatic rings. The lowest BCUT2D eigenvalue weighted by Crippen LogP contribution is -2.33. The van der Waals surface area contributed by atoms with Crippen LogP contribution in [0, 0.1) is 5.92 Å². The minimum absolute atomic E-state index is 0.0651. The van der Waals surface area contributed by atoms with Gasteiger partial charge in [-0.05, 0) is 44.6 Å². The van der Waals surface area contributed by atoms with Crippen molar-refractivity contribution in [2.75, 3.05) is 12.3 Å². The number of carbonyl (C=O) groups excluding carboxylic acids is 1. The Kier molecular flexibility index (Phi) is 4.47. The first-order valence-corrected chi connectivity index (χ1v) is 7.02. The fourth-order valence-electron chi connectivity index (χ4n) is 2.66. The standard InChI is InChI=1S/C14H23N3O2/c1-2-17-9-11(15)7-13(17)14(19)16-8-10-3-5-12(18)6-4-10/h7,9-10,12,18H,2-6,8,15H2,1H3,(H,16,19). The molecule has 2 rings (SSSR count). The third-order valence-electron chi connectivity index (χ3n) is 3.86. The third kappa shape index (κ3) is 3.50. The Morgan fingerprint density at radius 3 is 2.79 bits per heavy atom. The molecule has 1 amide bonds. The summed E-state index contributed by atoms with van der Waals surface area (Å²) in [6, 6.07) is 1.71. The number of nitrogens with one attached hydrogen (secondary N) is 1. The number of aromatic nitrogens is 1. The van der Waals surface area contributed by atoms with Crippen molar-refractivity contribution in [2.24, 2.45) is 5.92 Å². The van der Waals surface area contributed by atoms with Crippen LogP contribution >= 0.6 is 0 Å². The van der Waals surface area contributed by atoms with Gasteiger partial charge in [0.15, 0.2) is 0 Å². The number of hydrogen-bond donors (Lipinski definition) is 3. The van der Waals surface area contributed by atoms with Gasteiger partial charge in [0.05, 0.1) is 11.8 Å². The number of amides is 1. The first-order valence-electron chi connectivity index (χ1n) is 7.02. The Morgan fingerprint density at radius 2 is 2.16 bits per heavy atom. The number of nitrogens with two attached hydrogens (primary N) is 1. The normalized spacial score (nSPS) is 23.3. The number of aliphatic hydroxyl groups excluding tert-OH is 1. The molecule has 0 radical (unpaired) electrons. The van der Waals surface area contributed by atoms with Crippen molar-refractivity contribution in [3.8, 4) is 0 Å². The van der Waals surface area contributed by atoms with E-state index in [1.165, 1.54) is 0 Å². The monoisotopic (exact) mass is 265 g/mol. The molecule has 0 atom stereocenters. The van der Waals surface area contributed by atoms with Crippen LogP contribution in [-0.2, 0) is 6.54 Å². The fourth-order valence-corrected chi connectivity index (χ4v) is 2.66. The van der Waals surface area contributed by atoms with Crippen LogP contribution in [0.15, 0.2) is 12.3 Å². The summed E-state index contributed by atoms with van der Waals surface area (Å²) in [5.41, 5.74) is 6.96. The van der Waals surface area contributed by atoms with Crippen LogP contribution in [0.4, 0.5) is 5.69 Å². The quantitative estimate of drug-likeness (QED) is 0.769.